The van der Waals surface area contributed by atoms with Crippen LogP contribution in [0.5, 0.6) is 0 Å². The SMILES string of the molecule is O=C(c1ccc(Cl)cc1)c1c(F)cc(F)cc1F. The molecule has 0 saturated carbocycles. The first kappa shape index (κ1) is 12.6. The topological polar surface area (TPSA) is 17.1 Å². The Labute approximate surface area is 106 Å². The van der Waals surface area contributed by atoms with E-state index in [1.54, 1.807) is 0 Å². The molecule has 0 N–H and O–H groups in total. The minimum Gasteiger partial charge on any atom is -0.288 e. The van der Waals surface area contributed by atoms with Gasteiger partial charge in [-0.05, 0) is 24.3 Å². The molecule has 0 heterocycles. The first-order chi connectivity index (χ1) is 8.49. The Balaban J connectivity index is 2.49. The van der Waals surface area contributed by atoms with Crippen LogP contribution in [0.4, 0.5) is 13.2 Å². The number of hydrogen-bond donors (Lipinski definition) is 0. The quantitative estimate of drug-likeness (QED) is 0.754. The van der Waals surface area contributed by atoms with E-state index in [0.717, 1.165) is 0 Å². The first-order valence-electron chi connectivity index (χ1n) is 4.94. The molecule has 0 aliphatic rings. The average molecular weight is 271 g/mol. The fraction of sp³-hybridized carbons (Fsp3) is 0. The monoisotopic (exact) mass is 270 g/mol. The van der Waals surface area contributed by atoms with Crippen LogP contribution in [-0.4, -0.2) is 5.78 Å². The van der Waals surface area contributed by atoms with Crippen molar-refractivity contribution in [3.8, 4) is 0 Å². The number of carbonyl (C=O) groups is 1. The molecule has 0 amide bonds. The largest absolute Gasteiger partial charge is 0.288 e. The maximum absolute atomic E-state index is 13.4. The summed E-state index contributed by atoms with van der Waals surface area (Å²) in [7, 11) is 0. The highest BCUT2D eigenvalue weighted by atomic mass is 35.5. The maximum Gasteiger partial charge on any atom is 0.198 e. The minimum absolute atomic E-state index is 0.0730. The van der Waals surface area contributed by atoms with E-state index < -0.39 is 28.8 Å². The third-order valence-corrected chi connectivity index (χ3v) is 2.59. The van der Waals surface area contributed by atoms with Gasteiger partial charge in [0.05, 0.1) is 5.56 Å². The van der Waals surface area contributed by atoms with Gasteiger partial charge in [-0.2, -0.15) is 0 Å². The number of ketones is 1. The fourth-order valence-electron chi connectivity index (χ4n) is 1.50. The molecule has 0 radical (unpaired) electrons. The molecule has 18 heavy (non-hydrogen) atoms. The lowest BCUT2D eigenvalue weighted by atomic mass is 10.0. The molecule has 0 atom stereocenters. The van der Waals surface area contributed by atoms with Crippen LogP contribution < -0.4 is 0 Å². The van der Waals surface area contributed by atoms with Gasteiger partial charge in [-0.25, -0.2) is 13.2 Å². The van der Waals surface area contributed by atoms with Crippen LogP contribution in [0.2, 0.25) is 5.02 Å². The Morgan fingerprint density at radius 3 is 1.94 bits per heavy atom. The Kier molecular flexibility index (Phi) is 3.39. The summed E-state index contributed by atoms with van der Waals surface area (Å²) in [6.45, 7) is 0. The highest BCUT2D eigenvalue weighted by Crippen LogP contribution is 2.20. The molecule has 0 fully saturated rings. The third kappa shape index (κ3) is 2.38. The van der Waals surface area contributed by atoms with Crippen LogP contribution in [0.25, 0.3) is 0 Å². The zero-order chi connectivity index (χ0) is 13.3. The number of benzene rings is 2. The van der Waals surface area contributed by atoms with Gasteiger partial charge in [0.2, 0.25) is 0 Å². The summed E-state index contributed by atoms with van der Waals surface area (Å²) in [5.74, 6) is -4.39. The zero-order valence-corrected chi connectivity index (χ0v) is 9.64. The molecule has 0 saturated heterocycles. The van der Waals surface area contributed by atoms with E-state index in [0.29, 0.717) is 17.2 Å². The van der Waals surface area contributed by atoms with Gasteiger partial charge in [0, 0.05) is 22.7 Å². The number of halogens is 4. The van der Waals surface area contributed by atoms with Gasteiger partial charge in [0.1, 0.15) is 17.5 Å². The van der Waals surface area contributed by atoms with Gasteiger partial charge < -0.3 is 0 Å². The standard InChI is InChI=1S/C13H6ClF3O/c14-8-3-1-7(2-4-8)13(18)12-10(16)5-9(15)6-11(12)17/h1-6H. The summed E-state index contributed by atoms with van der Waals surface area (Å²) < 4.78 is 39.5. The van der Waals surface area contributed by atoms with E-state index in [-0.39, 0.29) is 5.56 Å². The van der Waals surface area contributed by atoms with Crippen molar-refractivity contribution in [3.05, 3.63) is 70.0 Å². The second-order valence-corrected chi connectivity index (χ2v) is 4.02. The van der Waals surface area contributed by atoms with Gasteiger partial charge in [0.25, 0.3) is 0 Å². The molecule has 92 valence electrons. The molecule has 2 rings (SSSR count). The van der Waals surface area contributed by atoms with Gasteiger partial charge in [-0.1, -0.05) is 11.6 Å². The predicted molar refractivity (Wildman–Crippen MR) is 61.2 cm³/mol. The van der Waals surface area contributed by atoms with Crippen LogP contribution in [-0.2, 0) is 0 Å². The van der Waals surface area contributed by atoms with Gasteiger partial charge in [-0.3, -0.25) is 4.79 Å². The lowest BCUT2D eigenvalue weighted by Gasteiger charge is -2.04. The van der Waals surface area contributed by atoms with E-state index in [1.807, 2.05) is 0 Å². The maximum atomic E-state index is 13.4. The number of rotatable bonds is 2. The van der Waals surface area contributed by atoms with Gasteiger partial charge in [-0.15, -0.1) is 0 Å². The molecule has 0 aliphatic heterocycles. The first-order valence-corrected chi connectivity index (χ1v) is 5.31. The van der Waals surface area contributed by atoms with E-state index in [9.17, 15) is 18.0 Å². The second-order valence-electron chi connectivity index (χ2n) is 3.58. The molecular weight excluding hydrogens is 265 g/mol. The molecule has 0 aliphatic carbocycles. The average Bonchev–Trinajstić information content (AvgIpc) is 2.28. The Morgan fingerprint density at radius 1 is 0.944 bits per heavy atom. The molecule has 0 bridgehead atoms. The normalized spacial score (nSPS) is 10.4. The molecule has 5 heteroatoms. The van der Waals surface area contributed by atoms with Crippen molar-refractivity contribution in [2.45, 2.75) is 0 Å². The summed E-state index contributed by atoms with van der Waals surface area (Å²) in [6, 6.07) is 6.46. The summed E-state index contributed by atoms with van der Waals surface area (Å²) in [5, 5.41) is 0.395. The number of hydrogen-bond acceptors (Lipinski definition) is 1. The van der Waals surface area contributed by atoms with E-state index in [4.69, 9.17) is 11.6 Å². The van der Waals surface area contributed by atoms with Crippen LogP contribution in [0.3, 0.4) is 0 Å². The van der Waals surface area contributed by atoms with Gasteiger partial charge in [0.15, 0.2) is 5.78 Å². The molecule has 0 unspecified atom stereocenters. The van der Waals surface area contributed by atoms with Crippen molar-refractivity contribution in [1.29, 1.82) is 0 Å². The molecule has 2 aromatic carbocycles. The predicted octanol–water partition coefficient (Wildman–Crippen LogP) is 3.99. The molecule has 0 aromatic heterocycles. The van der Waals surface area contributed by atoms with Crippen molar-refractivity contribution in [1.82, 2.24) is 0 Å². The van der Waals surface area contributed by atoms with Crippen LogP contribution in [0.15, 0.2) is 36.4 Å². The van der Waals surface area contributed by atoms with Crippen molar-refractivity contribution in [2.24, 2.45) is 0 Å². The minimum atomic E-state index is -1.23. The van der Waals surface area contributed by atoms with Crippen molar-refractivity contribution in [2.75, 3.05) is 0 Å². The summed E-state index contributed by atoms with van der Waals surface area (Å²) >= 11 is 5.64. The Hall–Kier alpha value is -1.81. The lowest BCUT2D eigenvalue weighted by molar-refractivity contribution is 0.103. The molecule has 2 aromatic rings. The van der Waals surface area contributed by atoms with Crippen molar-refractivity contribution < 1.29 is 18.0 Å². The van der Waals surface area contributed by atoms with E-state index in [1.165, 1.54) is 24.3 Å². The zero-order valence-electron chi connectivity index (χ0n) is 8.88. The summed E-state index contributed by atoms with van der Waals surface area (Å²) in [5.41, 5.74) is -0.706. The second kappa shape index (κ2) is 4.82. The third-order valence-electron chi connectivity index (χ3n) is 2.34. The van der Waals surface area contributed by atoms with Crippen molar-refractivity contribution in [3.63, 3.8) is 0 Å². The summed E-state index contributed by atoms with van der Waals surface area (Å²) in [6.07, 6.45) is 0. The smallest absolute Gasteiger partial charge is 0.198 e. The molecular formula is C13H6ClF3O. The fourth-order valence-corrected chi connectivity index (χ4v) is 1.63. The molecule has 0 spiro atoms. The van der Waals surface area contributed by atoms with Crippen molar-refractivity contribution >= 4 is 17.4 Å². The summed E-state index contributed by atoms with van der Waals surface area (Å²) in [4.78, 5) is 11.9. The highest BCUT2D eigenvalue weighted by molar-refractivity contribution is 6.30. The van der Waals surface area contributed by atoms with Crippen LogP contribution in [0.1, 0.15) is 15.9 Å². The van der Waals surface area contributed by atoms with Crippen LogP contribution in [0, 0.1) is 17.5 Å². The Morgan fingerprint density at radius 2 is 1.44 bits per heavy atom. The van der Waals surface area contributed by atoms with Crippen LogP contribution >= 0.6 is 11.6 Å². The number of carbonyl (C=O) groups excluding carboxylic acids is 1. The highest BCUT2D eigenvalue weighted by Gasteiger charge is 2.20. The van der Waals surface area contributed by atoms with E-state index >= 15 is 0 Å². The lowest BCUT2D eigenvalue weighted by Crippen LogP contribution is -2.08. The Bertz CT molecular complexity index is 585. The van der Waals surface area contributed by atoms with E-state index in [2.05, 4.69) is 0 Å². The molecule has 1 nitrogen and oxygen atoms in total. The van der Waals surface area contributed by atoms with Gasteiger partial charge >= 0.3 is 0 Å².